The number of hydrogen-bond donors (Lipinski definition) is 1. The largest absolute Gasteiger partial charge is 0.357 e. The zero-order chi connectivity index (χ0) is 25.6. The maximum Gasteiger partial charge on any atom is 0.242 e. The molecule has 0 radical (unpaired) electrons. The second-order valence-electron chi connectivity index (χ2n) is 8.30. The van der Waals surface area contributed by atoms with Crippen LogP contribution in [0.5, 0.6) is 0 Å². The second-order valence-corrected chi connectivity index (χ2v) is 11.0. The lowest BCUT2D eigenvalue weighted by atomic mass is 10.1. The molecule has 186 valence electrons. The van der Waals surface area contributed by atoms with E-state index in [0.717, 1.165) is 17.4 Å². The van der Waals surface area contributed by atoms with Crippen molar-refractivity contribution < 1.29 is 18.0 Å². The van der Waals surface area contributed by atoms with Gasteiger partial charge in [-0.3, -0.25) is 13.9 Å². The normalized spacial score (nSPS) is 12.2. The SMILES string of the molecule is CNC(=O)[C@H](C)N(Cc1c(Cl)cccc1Cl)C(=O)CCCN(c1cc(C)cc(C)c1)S(C)(=O)=O. The number of nitrogens with zero attached hydrogens (tertiary/aromatic N) is 2. The number of nitrogens with one attached hydrogen (secondary N) is 1. The molecule has 2 aromatic carbocycles. The summed E-state index contributed by atoms with van der Waals surface area (Å²) < 4.78 is 26.2. The van der Waals surface area contributed by atoms with Gasteiger partial charge in [0.15, 0.2) is 0 Å². The Morgan fingerprint density at radius 3 is 2.12 bits per heavy atom. The standard InChI is InChI=1S/C24H31Cl2N3O4S/c1-16-12-17(2)14-19(13-16)29(34(5,32)33)11-7-10-23(30)28(18(3)24(31)27-4)15-20-21(25)8-6-9-22(20)26/h6,8-9,12-14,18H,7,10-11,15H2,1-5H3,(H,27,31)/t18-/m0/s1. The van der Waals surface area contributed by atoms with E-state index in [1.165, 1.54) is 16.3 Å². The maximum atomic E-state index is 13.2. The fourth-order valence-electron chi connectivity index (χ4n) is 3.74. The summed E-state index contributed by atoms with van der Waals surface area (Å²) in [5.74, 6) is -0.634. The quantitative estimate of drug-likeness (QED) is 0.498. The summed E-state index contributed by atoms with van der Waals surface area (Å²) in [5, 5.41) is 3.35. The van der Waals surface area contributed by atoms with Crippen molar-refractivity contribution in [2.75, 3.05) is 24.2 Å². The lowest BCUT2D eigenvalue weighted by Gasteiger charge is -2.29. The lowest BCUT2D eigenvalue weighted by molar-refractivity contribution is -0.140. The van der Waals surface area contributed by atoms with Gasteiger partial charge in [0.25, 0.3) is 0 Å². The van der Waals surface area contributed by atoms with E-state index >= 15 is 0 Å². The number of anilines is 1. The van der Waals surface area contributed by atoms with Gasteiger partial charge in [0.05, 0.1) is 11.9 Å². The molecule has 0 spiro atoms. The number of carbonyl (C=O) groups excluding carboxylic acids is 2. The average molecular weight is 529 g/mol. The number of aryl methyl sites for hydroxylation is 2. The molecular formula is C24H31Cl2N3O4S. The van der Waals surface area contributed by atoms with Crippen molar-refractivity contribution in [3.05, 3.63) is 63.1 Å². The van der Waals surface area contributed by atoms with Gasteiger partial charge in [0.1, 0.15) is 6.04 Å². The molecule has 34 heavy (non-hydrogen) atoms. The van der Waals surface area contributed by atoms with Crippen molar-refractivity contribution in [2.24, 2.45) is 0 Å². The fourth-order valence-corrected chi connectivity index (χ4v) is 5.21. The molecule has 10 heteroatoms. The van der Waals surface area contributed by atoms with Crippen molar-refractivity contribution in [1.29, 1.82) is 0 Å². The molecule has 2 amide bonds. The van der Waals surface area contributed by atoms with Crippen LogP contribution in [0.25, 0.3) is 0 Å². The molecule has 7 nitrogen and oxygen atoms in total. The van der Waals surface area contributed by atoms with Crippen LogP contribution in [0, 0.1) is 13.8 Å². The van der Waals surface area contributed by atoms with Crippen molar-refractivity contribution >= 4 is 50.7 Å². The molecular weight excluding hydrogens is 497 g/mol. The number of amides is 2. The highest BCUT2D eigenvalue weighted by Gasteiger charge is 2.27. The summed E-state index contributed by atoms with van der Waals surface area (Å²) in [6.07, 6.45) is 1.46. The molecule has 0 fully saturated rings. The molecule has 0 saturated carbocycles. The van der Waals surface area contributed by atoms with E-state index in [9.17, 15) is 18.0 Å². The van der Waals surface area contributed by atoms with Gasteiger partial charge in [-0.2, -0.15) is 0 Å². The Hall–Kier alpha value is -2.29. The van der Waals surface area contributed by atoms with Crippen LogP contribution >= 0.6 is 23.2 Å². The number of benzene rings is 2. The van der Waals surface area contributed by atoms with E-state index in [2.05, 4.69) is 5.32 Å². The van der Waals surface area contributed by atoms with Gasteiger partial charge in [-0.05, 0) is 62.6 Å². The van der Waals surface area contributed by atoms with Crippen molar-refractivity contribution in [1.82, 2.24) is 10.2 Å². The third-order valence-electron chi connectivity index (χ3n) is 5.45. The van der Waals surface area contributed by atoms with Crippen LogP contribution in [0.15, 0.2) is 36.4 Å². The summed E-state index contributed by atoms with van der Waals surface area (Å²) >= 11 is 12.6. The highest BCUT2D eigenvalue weighted by atomic mass is 35.5. The first-order valence-electron chi connectivity index (χ1n) is 10.8. The number of halogens is 2. The Kier molecular flexibility index (Phi) is 9.79. The minimum absolute atomic E-state index is 0.0419. The van der Waals surface area contributed by atoms with Crippen molar-refractivity contribution in [2.45, 2.75) is 46.2 Å². The van der Waals surface area contributed by atoms with E-state index in [1.54, 1.807) is 37.3 Å². The van der Waals surface area contributed by atoms with Gasteiger partial charge in [-0.15, -0.1) is 0 Å². The monoisotopic (exact) mass is 527 g/mol. The van der Waals surface area contributed by atoms with Gasteiger partial charge >= 0.3 is 0 Å². The Balaban J connectivity index is 2.22. The van der Waals surface area contributed by atoms with E-state index in [0.29, 0.717) is 21.3 Å². The zero-order valence-electron chi connectivity index (χ0n) is 20.1. The van der Waals surface area contributed by atoms with E-state index in [-0.39, 0.29) is 37.7 Å². The molecule has 1 N–H and O–H groups in total. The lowest BCUT2D eigenvalue weighted by Crippen LogP contribution is -2.47. The zero-order valence-corrected chi connectivity index (χ0v) is 22.4. The Morgan fingerprint density at radius 1 is 1.06 bits per heavy atom. The highest BCUT2D eigenvalue weighted by molar-refractivity contribution is 7.92. The van der Waals surface area contributed by atoms with Crippen LogP contribution in [0.2, 0.25) is 10.0 Å². The molecule has 0 aliphatic carbocycles. The van der Waals surface area contributed by atoms with Crippen LogP contribution in [0.3, 0.4) is 0 Å². The number of rotatable bonds is 10. The van der Waals surface area contributed by atoms with Crippen molar-refractivity contribution in [3.8, 4) is 0 Å². The fraction of sp³-hybridized carbons (Fsp3) is 0.417. The predicted octanol–water partition coefficient (Wildman–Crippen LogP) is 4.32. The first-order valence-corrected chi connectivity index (χ1v) is 13.5. The second kappa shape index (κ2) is 11.9. The smallest absolute Gasteiger partial charge is 0.242 e. The number of carbonyl (C=O) groups is 2. The summed E-state index contributed by atoms with van der Waals surface area (Å²) in [5.41, 5.74) is 3.00. The maximum absolute atomic E-state index is 13.2. The van der Waals surface area contributed by atoms with Gasteiger partial charge < -0.3 is 10.2 Å². The average Bonchev–Trinajstić information content (AvgIpc) is 2.73. The van der Waals surface area contributed by atoms with Crippen LogP contribution in [-0.2, 0) is 26.2 Å². The molecule has 2 rings (SSSR count). The Bertz CT molecular complexity index is 1110. The molecule has 1 atom stereocenters. The molecule has 2 aromatic rings. The minimum Gasteiger partial charge on any atom is -0.357 e. The van der Waals surface area contributed by atoms with Crippen LogP contribution in [0.4, 0.5) is 5.69 Å². The summed E-state index contributed by atoms with van der Waals surface area (Å²) in [6.45, 7) is 5.61. The predicted molar refractivity (Wildman–Crippen MR) is 138 cm³/mol. The summed E-state index contributed by atoms with van der Waals surface area (Å²) in [6, 6.07) is 9.84. The first kappa shape index (κ1) is 28.0. The third-order valence-corrected chi connectivity index (χ3v) is 7.35. The van der Waals surface area contributed by atoms with Gasteiger partial charge in [0.2, 0.25) is 21.8 Å². The van der Waals surface area contributed by atoms with Gasteiger partial charge in [-0.25, -0.2) is 8.42 Å². The van der Waals surface area contributed by atoms with Crippen LogP contribution in [0.1, 0.15) is 36.5 Å². The topological polar surface area (TPSA) is 86.8 Å². The number of hydrogen-bond acceptors (Lipinski definition) is 4. The number of sulfonamides is 1. The minimum atomic E-state index is -3.55. The van der Waals surface area contributed by atoms with Crippen LogP contribution in [-0.4, -0.2) is 51.0 Å². The van der Waals surface area contributed by atoms with E-state index in [1.807, 2.05) is 19.9 Å². The van der Waals surface area contributed by atoms with E-state index in [4.69, 9.17) is 23.2 Å². The van der Waals surface area contributed by atoms with Crippen LogP contribution < -0.4 is 9.62 Å². The summed E-state index contributed by atoms with van der Waals surface area (Å²) in [4.78, 5) is 26.9. The molecule has 0 aliphatic heterocycles. The first-order chi connectivity index (χ1) is 15.8. The van der Waals surface area contributed by atoms with Gasteiger partial charge in [-0.1, -0.05) is 35.3 Å². The molecule has 0 unspecified atom stereocenters. The highest BCUT2D eigenvalue weighted by Crippen LogP contribution is 2.27. The molecule has 0 saturated heterocycles. The molecule has 0 bridgehead atoms. The Morgan fingerprint density at radius 2 is 1.62 bits per heavy atom. The number of likely N-dealkylation sites (N-methyl/N-ethyl adjacent to an activating group) is 1. The van der Waals surface area contributed by atoms with Gasteiger partial charge in [0, 0.05) is 42.2 Å². The van der Waals surface area contributed by atoms with E-state index < -0.39 is 16.1 Å². The molecule has 0 aromatic heterocycles. The Labute approximate surface area is 212 Å². The third kappa shape index (κ3) is 7.35. The molecule has 0 heterocycles. The summed E-state index contributed by atoms with van der Waals surface area (Å²) in [7, 11) is -2.06. The van der Waals surface area contributed by atoms with Crippen molar-refractivity contribution in [3.63, 3.8) is 0 Å². The molecule has 0 aliphatic rings.